The number of nitrogens with one attached hydrogen (secondary N) is 2. The Morgan fingerprint density at radius 2 is 2.38 bits per heavy atom. The number of cyclic esters (lactones) is 1. The molecule has 1 heterocycles. The van der Waals surface area contributed by atoms with Crippen LogP contribution in [0.2, 0.25) is 0 Å². The predicted octanol–water partition coefficient (Wildman–Crippen LogP) is 0.148. The van der Waals surface area contributed by atoms with Crippen LogP contribution in [-0.4, -0.2) is 36.7 Å². The van der Waals surface area contributed by atoms with Crippen molar-refractivity contribution in [3.63, 3.8) is 0 Å². The number of carbonyl (C=O) groups excluding carboxylic acids is 1. The summed E-state index contributed by atoms with van der Waals surface area (Å²) in [7, 11) is 0. The Hall–Kier alpha value is -0.260. The molecule has 2 atom stereocenters. The normalized spacial score (nSPS) is 29.5. The Labute approximate surface area is 82.8 Å². The molecule has 0 aromatic heterocycles. The van der Waals surface area contributed by atoms with Gasteiger partial charge in [-0.3, -0.25) is 10.2 Å². The van der Waals surface area contributed by atoms with Gasteiger partial charge in [-0.05, 0) is 25.4 Å². The highest BCUT2D eigenvalue weighted by atomic mass is 32.2. The molecule has 0 radical (unpaired) electrons. The molecule has 5 heteroatoms. The van der Waals surface area contributed by atoms with Gasteiger partial charge in [-0.2, -0.15) is 11.8 Å². The Bertz CT molecular complexity index is 178. The quantitative estimate of drug-likeness (QED) is 0.641. The van der Waals surface area contributed by atoms with Crippen molar-refractivity contribution >= 4 is 17.7 Å². The standard InChI is InChI=1S/C8H16N2O2S/c1-6-5-12-8(11)7(10-9-6)3-4-13-2/h6-7,9-10H,3-5H2,1-2H3/t6?,7-/m0/s1. The van der Waals surface area contributed by atoms with Crippen LogP contribution in [0.5, 0.6) is 0 Å². The maximum Gasteiger partial charge on any atom is 0.324 e. The summed E-state index contributed by atoms with van der Waals surface area (Å²) >= 11 is 1.73. The number of carbonyl (C=O) groups is 1. The summed E-state index contributed by atoms with van der Waals surface area (Å²) in [6, 6.07) is -0.0133. The maximum absolute atomic E-state index is 11.3. The minimum absolute atomic E-state index is 0.147. The zero-order valence-corrected chi connectivity index (χ0v) is 8.82. The molecule has 1 rings (SSSR count). The van der Waals surface area contributed by atoms with Gasteiger partial charge in [0.05, 0.1) is 6.04 Å². The number of thioether (sulfide) groups is 1. The highest BCUT2D eigenvalue weighted by Gasteiger charge is 2.23. The summed E-state index contributed by atoms with van der Waals surface area (Å²) in [5, 5.41) is 0. The van der Waals surface area contributed by atoms with Crippen molar-refractivity contribution in [1.29, 1.82) is 0 Å². The molecule has 1 aliphatic rings. The number of rotatable bonds is 3. The van der Waals surface area contributed by atoms with E-state index in [2.05, 4.69) is 10.9 Å². The van der Waals surface area contributed by atoms with Crippen LogP contribution in [0.25, 0.3) is 0 Å². The van der Waals surface area contributed by atoms with Gasteiger partial charge in [-0.1, -0.05) is 0 Å². The van der Waals surface area contributed by atoms with Crippen molar-refractivity contribution in [2.75, 3.05) is 18.6 Å². The van der Waals surface area contributed by atoms with Crippen LogP contribution in [0.4, 0.5) is 0 Å². The maximum atomic E-state index is 11.3. The van der Waals surface area contributed by atoms with Gasteiger partial charge in [0.15, 0.2) is 0 Å². The van der Waals surface area contributed by atoms with Gasteiger partial charge in [-0.15, -0.1) is 0 Å². The van der Waals surface area contributed by atoms with E-state index < -0.39 is 0 Å². The van der Waals surface area contributed by atoms with E-state index in [-0.39, 0.29) is 18.1 Å². The van der Waals surface area contributed by atoms with E-state index in [0.717, 1.165) is 12.2 Å². The smallest absolute Gasteiger partial charge is 0.324 e. The van der Waals surface area contributed by atoms with Crippen LogP contribution >= 0.6 is 11.8 Å². The number of ether oxygens (including phenoxy) is 1. The summed E-state index contributed by atoms with van der Waals surface area (Å²) < 4.78 is 5.05. The zero-order valence-electron chi connectivity index (χ0n) is 8.00. The Morgan fingerprint density at radius 3 is 3.08 bits per heavy atom. The molecule has 0 spiro atoms. The Kier molecular flexibility index (Phi) is 4.55. The molecule has 0 amide bonds. The minimum atomic E-state index is -0.197. The molecule has 2 N–H and O–H groups in total. The van der Waals surface area contributed by atoms with Crippen molar-refractivity contribution in [2.24, 2.45) is 0 Å². The van der Waals surface area contributed by atoms with Crippen molar-refractivity contribution in [2.45, 2.75) is 25.4 Å². The molecule has 1 aliphatic heterocycles. The summed E-state index contributed by atoms with van der Waals surface area (Å²) in [5.41, 5.74) is 6.01. The number of hydrogen-bond donors (Lipinski definition) is 2. The fourth-order valence-corrected chi connectivity index (χ4v) is 1.55. The monoisotopic (exact) mass is 204 g/mol. The zero-order chi connectivity index (χ0) is 9.68. The van der Waals surface area contributed by atoms with Gasteiger partial charge >= 0.3 is 5.97 Å². The summed E-state index contributed by atoms with van der Waals surface area (Å²) in [6.45, 7) is 2.42. The molecule has 0 aromatic carbocycles. The fraction of sp³-hybridized carbons (Fsp3) is 0.875. The largest absolute Gasteiger partial charge is 0.463 e. The van der Waals surface area contributed by atoms with Crippen LogP contribution in [-0.2, 0) is 9.53 Å². The summed E-state index contributed by atoms with van der Waals surface area (Å²) in [5.74, 6) is 0.814. The topological polar surface area (TPSA) is 50.4 Å². The second kappa shape index (κ2) is 5.47. The Balaban J connectivity index is 2.38. The molecule has 76 valence electrons. The van der Waals surface area contributed by atoms with E-state index in [1.54, 1.807) is 11.8 Å². The summed E-state index contributed by atoms with van der Waals surface area (Å²) in [6.07, 6.45) is 2.83. The van der Waals surface area contributed by atoms with Crippen molar-refractivity contribution in [1.82, 2.24) is 10.9 Å². The second-order valence-electron chi connectivity index (χ2n) is 3.15. The van der Waals surface area contributed by atoms with Crippen molar-refractivity contribution in [3.05, 3.63) is 0 Å². The number of hydrogen-bond acceptors (Lipinski definition) is 5. The third-order valence-electron chi connectivity index (χ3n) is 1.87. The first-order chi connectivity index (χ1) is 6.24. The molecular formula is C8H16N2O2S. The predicted molar refractivity (Wildman–Crippen MR) is 53.5 cm³/mol. The lowest BCUT2D eigenvalue weighted by Crippen LogP contribution is -2.46. The lowest BCUT2D eigenvalue weighted by Gasteiger charge is -2.12. The lowest BCUT2D eigenvalue weighted by molar-refractivity contribution is -0.145. The first-order valence-electron chi connectivity index (χ1n) is 4.40. The van der Waals surface area contributed by atoms with Crippen LogP contribution in [0.15, 0.2) is 0 Å². The van der Waals surface area contributed by atoms with Gasteiger partial charge < -0.3 is 4.74 Å². The van der Waals surface area contributed by atoms with Crippen LogP contribution < -0.4 is 10.9 Å². The number of esters is 1. The van der Waals surface area contributed by atoms with Crippen LogP contribution in [0.3, 0.4) is 0 Å². The van der Waals surface area contributed by atoms with E-state index >= 15 is 0 Å². The molecule has 1 saturated heterocycles. The lowest BCUT2D eigenvalue weighted by atomic mass is 10.2. The van der Waals surface area contributed by atoms with E-state index in [1.165, 1.54) is 0 Å². The van der Waals surface area contributed by atoms with Gasteiger partial charge in [0.2, 0.25) is 0 Å². The van der Waals surface area contributed by atoms with Gasteiger partial charge in [-0.25, -0.2) is 5.43 Å². The first kappa shape index (κ1) is 10.8. The molecule has 13 heavy (non-hydrogen) atoms. The molecule has 1 unspecified atom stereocenters. The summed E-state index contributed by atoms with van der Waals surface area (Å²) in [4.78, 5) is 11.3. The molecule has 0 saturated carbocycles. The first-order valence-corrected chi connectivity index (χ1v) is 5.80. The van der Waals surface area contributed by atoms with E-state index in [4.69, 9.17) is 4.74 Å². The molecule has 0 bridgehead atoms. The van der Waals surface area contributed by atoms with E-state index in [9.17, 15) is 4.79 Å². The highest BCUT2D eigenvalue weighted by Crippen LogP contribution is 2.04. The van der Waals surface area contributed by atoms with Gasteiger partial charge in [0, 0.05) is 0 Å². The highest BCUT2D eigenvalue weighted by molar-refractivity contribution is 7.98. The molecule has 0 aromatic rings. The number of hydrazine groups is 1. The van der Waals surface area contributed by atoms with Crippen LogP contribution in [0, 0.1) is 0 Å². The van der Waals surface area contributed by atoms with Gasteiger partial charge in [0.1, 0.15) is 12.6 Å². The third kappa shape index (κ3) is 3.54. The fourth-order valence-electron chi connectivity index (χ4n) is 1.08. The van der Waals surface area contributed by atoms with Crippen molar-refractivity contribution < 1.29 is 9.53 Å². The average molecular weight is 204 g/mol. The molecular weight excluding hydrogens is 188 g/mol. The third-order valence-corrected chi connectivity index (χ3v) is 2.52. The molecule has 0 aliphatic carbocycles. The van der Waals surface area contributed by atoms with E-state index in [0.29, 0.717) is 6.61 Å². The molecule has 1 fully saturated rings. The van der Waals surface area contributed by atoms with Gasteiger partial charge in [0.25, 0.3) is 0 Å². The second-order valence-corrected chi connectivity index (χ2v) is 4.14. The molecule has 4 nitrogen and oxygen atoms in total. The SMILES string of the molecule is CSCC[C@@H]1NNC(C)COC1=O. The van der Waals surface area contributed by atoms with Crippen molar-refractivity contribution in [3.8, 4) is 0 Å². The Morgan fingerprint density at radius 1 is 1.62 bits per heavy atom. The minimum Gasteiger partial charge on any atom is -0.463 e. The van der Waals surface area contributed by atoms with E-state index in [1.807, 2.05) is 13.2 Å². The van der Waals surface area contributed by atoms with Crippen LogP contribution in [0.1, 0.15) is 13.3 Å². The average Bonchev–Trinajstić information content (AvgIpc) is 2.28.